The third kappa shape index (κ3) is 4.91. The number of hydrogen-bond donors (Lipinski definition) is 0. The second kappa shape index (κ2) is 8.76. The van der Waals surface area contributed by atoms with E-state index in [1.165, 1.54) is 12.8 Å². The van der Waals surface area contributed by atoms with Crippen LogP contribution in [0.4, 0.5) is 0 Å². The number of hydrogen-bond acceptors (Lipinski definition) is 4. The van der Waals surface area contributed by atoms with Gasteiger partial charge in [0.2, 0.25) is 5.91 Å². The molecule has 1 aliphatic carbocycles. The minimum absolute atomic E-state index is 0.256. The highest BCUT2D eigenvalue weighted by Crippen LogP contribution is 2.31. The standard InChI is InChI=1S/C22H30N4O2/c1-28-20-6-2-4-17(12-20)9-10-22(27)25-11-3-5-19(15-25)13-21-24-23-16-26(21)14-18-7-8-18/h2,4,6,12,16,18-19H,3,5,7-11,13-15H2,1H3. The van der Waals surface area contributed by atoms with Crippen LogP contribution < -0.4 is 4.74 Å². The fourth-order valence-corrected chi connectivity index (χ4v) is 4.12. The zero-order chi connectivity index (χ0) is 19.3. The molecule has 0 bridgehead atoms. The summed E-state index contributed by atoms with van der Waals surface area (Å²) in [6.07, 6.45) is 9.00. The number of likely N-dealkylation sites (tertiary alicyclic amines) is 1. The molecule has 1 aromatic heterocycles. The van der Waals surface area contributed by atoms with Crippen LogP contribution in [0.3, 0.4) is 0 Å². The van der Waals surface area contributed by atoms with Crippen LogP contribution in [0.15, 0.2) is 30.6 Å². The van der Waals surface area contributed by atoms with Crippen molar-refractivity contribution in [2.24, 2.45) is 11.8 Å². The fourth-order valence-electron chi connectivity index (χ4n) is 4.12. The van der Waals surface area contributed by atoms with Crippen molar-refractivity contribution in [2.75, 3.05) is 20.2 Å². The van der Waals surface area contributed by atoms with Gasteiger partial charge in [-0.3, -0.25) is 4.79 Å². The molecule has 28 heavy (non-hydrogen) atoms. The van der Waals surface area contributed by atoms with Crippen molar-refractivity contribution < 1.29 is 9.53 Å². The Bertz CT molecular complexity index is 799. The first-order valence-corrected chi connectivity index (χ1v) is 10.5. The van der Waals surface area contributed by atoms with Gasteiger partial charge in [0.15, 0.2) is 0 Å². The van der Waals surface area contributed by atoms with Crippen molar-refractivity contribution in [3.05, 3.63) is 42.0 Å². The lowest BCUT2D eigenvalue weighted by Crippen LogP contribution is -2.40. The van der Waals surface area contributed by atoms with Gasteiger partial charge in [-0.25, -0.2) is 0 Å². The van der Waals surface area contributed by atoms with Crippen LogP contribution in [0.5, 0.6) is 5.75 Å². The molecule has 2 aliphatic rings. The maximum Gasteiger partial charge on any atom is 0.222 e. The summed E-state index contributed by atoms with van der Waals surface area (Å²) in [5.41, 5.74) is 1.15. The molecule has 1 saturated heterocycles. The predicted molar refractivity (Wildman–Crippen MR) is 107 cm³/mol. The summed E-state index contributed by atoms with van der Waals surface area (Å²) in [5.74, 6) is 3.49. The van der Waals surface area contributed by atoms with Crippen LogP contribution in [0.25, 0.3) is 0 Å². The number of ether oxygens (including phenoxy) is 1. The highest BCUT2D eigenvalue weighted by molar-refractivity contribution is 5.76. The van der Waals surface area contributed by atoms with E-state index in [2.05, 4.69) is 25.7 Å². The number of carbonyl (C=O) groups excluding carboxylic acids is 1. The van der Waals surface area contributed by atoms with Crippen LogP contribution in [0, 0.1) is 11.8 Å². The summed E-state index contributed by atoms with van der Waals surface area (Å²) in [4.78, 5) is 14.8. The van der Waals surface area contributed by atoms with Gasteiger partial charge >= 0.3 is 0 Å². The Morgan fingerprint density at radius 1 is 1.25 bits per heavy atom. The molecule has 1 aliphatic heterocycles. The molecule has 150 valence electrons. The number of aromatic nitrogens is 3. The molecule has 1 atom stereocenters. The van der Waals surface area contributed by atoms with Gasteiger partial charge in [0.1, 0.15) is 17.9 Å². The molecule has 0 radical (unpaired) electrons. The number of nitrogens with zero attached hydrogens (tertiary/aromatic N) is 4. The Balaban J connectivity index is 1.29. The first-order valence-electron chi connectivity index (χ1n) is 10.5. The van der Waals surface area contributed by atoms with Gasteiger partial charge in [0.25, 0.3) is 0 Å². The normalized spacial score (nSPS) is 19.6. The number of piperidine rings is 1. The van der Waals surface area contributed by atoms with Gasteiger partial charge in [-0.15, -0.1) is 10.2 Å². The topological polar surface area (TPSA) is 60.2 Å². The highest BCUT2D eigenvalue weighted by atomic mass is 16.5. The van der Waals surface area contributed by atoms with Crippen molar-refractivity contribution in [2.45, 2.75) is 51.5 Å². The second-order valence-corrected chi connectivity index (χ2v) is 8.25. The van der Waals surface area contributed by atoms with Crippen molar-refractivity contribution in [3.63, 3.8) is 0 Å². The van der Waals surface area contributed by atoms with E-state index < -0.39 is 0 Å². The quantitative estimate of drug-likeness (QED) is 0.704. The maximum atomic E-state index is 12.8. The minimum Gasteiger partial charge on any atom is -0.497 e. The van der Waals surface area contributed by atoms with E-state index in [0.717, 1.165) is 68.4 Å². The molecule has 1 unspecified atom stereocenters. The van der Waals surface area contributed by atoms with Gasteiger partial charge in [-0.05, 0) is 61.6 Å². The molecule has 2 heterocycles. The Morgan fingerprint density at radius 3 is 2.96 bits per heavy atom. The number of amides is 1. The fraction of sp³-hybridized carbons (Fsp3) is 0.591. The summed E-state index contributed by atoms with van der Waals surface area (Å²) >= 11 is 0. The molecular formula is C22H30N4O2. The van der Waals surface area contributed by atoms with Crippen LogP contribution in [0.2, 0.25) is 0 Å². The molecule has 2 fully saturated rings. The van der Waals surface area contributed by atoms with Gasteiger partial charge in [-0.2, -0.15) is 0 Å². The molecule has 2 aromatic rings. The molecule has 1 aromatic carbocycles. The smallest absolute Gasteiger partial charge is 0.222 e. The summed E-state index contributed by atoms with van der Waals surface area (Å²) in [5, 5.41) is 8.47. The Kier molecular flexibility index (Phi) is 5.93. The molecule has 1 amide bonds. The Hall–Kier alpha value is -2.37. The highest BCUT2D eigenvalue weighted by Gasteiger charge is 2.27. The Labute approximate surface area is 166 Å². The van der Waals surface area contributed by atoms with E-state index in [9.17, 15) is 4.79 Å². The zero-order valence-electron chi connectivity index (χ0n) is 16.7. The van der Waals surface area contributed by atoms with Crippen LogP contribution in [-0.2, 0) is 24.2 Å². The van der Waals surface area contributed by atoms with Crippen molar-refractivity contribution in [3.8, 4) is 5.75 Å². The van der Waals surface area contributed by atoms with E-state index in [1.54, 1.807) is 7.11 Å². The molecule has 0 N–H and O–H groups in total. The van der Waals surface area contributed by atoms with E-state index in [0.29, 0.717) is 12.3 Å². The average molecular weight is 383 g/mol. The third-order valence-electron chi connectivity index (χ3n) is 5.95. The number of methoxy groups -OCH3 is 1. The van der Waals surface area contributed by atoms with Crippen LogP contribution >= 0.6 is 0 Å². The maximum absolute atomic E-state index is 12.8. The van der Waals surface area contributed by atoms with Gasteiger partial charge in [0, 0.05) is 32.5 Å². The first kappa shape index (κ1) is 19.0. The van der Waals surface area contributed by atoms with Gasteiger partial charge in [0.05, 0.1) is 7.11 Å². The summed E-state index contributed by atoms with van der Waals surface area (Å²) < 4.78 is 7.49. The van der Waals surface area contributed by atoms with Gasteiger partial charge in [-0.1, -0.05) is 12.1 Å². The summed E-state index contributed by atoms with van der Waals surface area (Å²) in [6, 6.07) is 7.98. The molecule has 1 saturated carbocycles. The third-order valence-corrected chi connectivity index (χ3v) is 5.95. The lowest BCUT2D eigenvalue weighted by atomic mass is 9.94. The molecule has 0 spiro atoms. The Morgan fingerprint density at radius 2 is 2.14 bits per heavy atom. The average Bonchev–Trinajstić information content (AvgIpc) is 3.45. The minimum atomic E-state index is 0.256. The van der Waals surface area contributed by atoms with Gasteiger partial charge < -0.3 is 14.2 Å². The van der Waals surface area contributed by atoms with E-state index in [1.807, 2.05) is 24.5 Å². The van der Waals surface area contributed by atoms with Crippen molar-refractivity contribution in [1.29, 1.82) is 0 Å². The number of rotatable bonds is 8. The predicted octanol–water partition coefficient (Wildman–Crippen LogP) is 3.11. The SMILES string of the molecule is COc1cccc(CCC(=O)N2CCCC(Cc3nncn3CC3CC3)C2)c1. The van der Waals surface area contributed by atoms with Crippen molar-refractivity contribution in [1.82, 2.24) is 19.7 Å². The summed E-state index contributed by atoms with van der Waals surface area (Å²) in [6.45, 7) is 2.77. The number of aryl methyl sites for hydroxylation is 1. The summed E-state index contributed by atoms with van der Waals surface area (Å²) in [7, 11) is 1.67. The molecular weight excluding hydrogens is 352 g/mol. The molecule has 6 heteroatoms. The lowest BCUT2D eigenvalue weighted by molar-refractivity contribution is -0.133. The number of benzene rings is 1. The lowest BCUT2D eigenvalue weighted by Gasteiger charge is -2.32. The van der Waals surface area contributed by atoms with E-state index in [-0.39, 0.29) is 5.91 Å². The van der Waals surface area contributed by atoms with E-state index >= 15 is 0 Å². The number of carbonyl (C=O) groups is 1. The molecule has 4 rings (SSSR count). The second-order valence-electron chi connectivity index (χ2n) is 8.25. The zero-order valence-corrected chi connectivity index (χ0v) is 16.7. The first-order chi connectivity index (χ1) is 13.7. The van der Waals surface area contributed by atoms with Crippen LogP contribution in [-0.4, -0.2) is 45.8 Å². The monoisotopic (exact) mass is 382 g/mol. The van der Waals surface area contributed by atoms with E-state index in [4.69, 9.17) is 4.74 Å². The molecule has 6 nitrogen and oxygen atoms in total. The largest absolute Gasteiger partial charge is 0.497 e. The van der Waals surface area contributed by atoms with Crippen LogP contribution in [0.1, 0.15) is 43.5 Å². The van der Waals surface area contributed by atoms with Crippen molar-refractivity contribution >= 4 is 5.91 Å².